The molecule has 6 nitrogen and oxygen atoms in total. The number of benzene rings is 3. The molecule has 8 heteroatoms. The van der Waals surface area contributed by atoms with E-state index in [4.69, 9.17) is 16.3 Å². The van der Waals surface area contributed by atoms with Crippen LogP contribution in [-0.4, -0.2) is 24.5 Å². The molecule has 1 N–H and O–H groups in total. The highest BCUT2D eigenvalue weighted by Gasteiger charge is 2.36. The average Bonchev–Trinajstić information content (AvgIpc) is 2.79. The number of barbiturate groups is 1. The number of hydrogen-bond donors (Lipinski definition) is 1. The van der Waals surface area contributed by atoms with Crippen LogP contribution in [0.15, 0.2) is 60.2 Å². The summed E-state index contributed by atoms with van der Waals surface area (Å²) < 4.78 is 6.90. The number of imide groups is 2. The summed E-state index contributed by atoms with van der Waals surface area (Å²) >= 11 is 8.18. The van der Waals surface area contributed by atoms with Gasteiger partial charge in [0.1, 0.15) is 11.3 Å². The Balaban J connectivity index is 1.72. The summed E-state index contributed by atoms with van der Waals surface area (Å²) in [5.74, 6) is -0.773. The number of nitrogens with one attached hydrogen (secondary N) is 1. The molecule has 0 radical (unpaired) electrons. The van der Waals surface area contributed by atoms with Gasteiger partial charge in [-0.05, 0) is 97.0 Å². The molecule has 1 fully saturated rings. The van der Waals surface area contributed by atoms with Gasteiger partial charge in [0.05, 0.1) is 12.3 Å². The smallest absolute Gasteiger partial charge is 0.335 e. The standard InChI is InChI=1S/C28H24ClIN2O4/c1-4-36-25-15-19(14-24(30)22(25)12-18-10-16(2)9-17(3)11-18)13-23-26(33)31-28(35)32(27(23)34)21-7-5-20(29)6-8-21/h5-11,13-15H,4,12H2,1-3H3,(H,31,33,35)/b23-13+. The SMILES string of the molecule is CCOc1cc(/C=C2\C(=O)NC(=O)N(c3ccc(Cl)cc3)C2=O)cc(I)c1Cc1cc(C)cc(C)c1. The van der Waals surface area contributed by atoms with Gasteiger partial charge in [0, 0.05) is 20.6 Å². The Bertz CT molecular complexity index is 1380. The van der Waals surface area contributed by atoms with Gasteiger partial charge < -0.3 is 4.74 Å². The van der Waals surface area contributed by atoms with Crippen molar-refractivity contribution in [3.05, 3.63) is 96.6 Å². The minimum Gasteiger partial charge on any atom is -0.494 e. The summed E-state index contributed by atoms with van der Waals surface area (Å²) in [5, 5.41) is 2.71. The van der Waals surface area contributed by atoms with Gasteiger partial charge in [-0.3, -0.25) is 14.9 Å². The monoisotopic (exact) mass is 614 g/mol. The van der Waals surface area contributed by atoms with Crippen LogP contribution < -0.4 is 15.0 Å². The highest BCUT2D eigenvalue weighted by Crippen LogP contribution is 2.31. The van der Waals surface area contributed by atoms with E-state index in [9.17, 15) is 14.4 Å². The number of aryl methyl sites for hydroxylation is 2. The summed E-state index contributed by atoms with van der Waals surface area (Å²) in [4.78, 5) is 39.2. The highest BCUT2D eigenvalue weighted by molar-refractivity contribution is 14.1. The van der Waals surface area contributed by atoms with Crippen molar-refractivity contribution in [3.63, 3.8) is 0 Å². The molecular weight excluding hydrogens is 591 g/mol. The Hall–Kier alpha value is -3.17. The van der Waals surface area contributed by atoms with Crippen LogP contribution in [0.1, 0.15) is 34.7 Å². The predicted octanol–water partition coefficient (Wildman–Crippen LogP) is 6.22. The topological polar surface area (TPSA) is 75.7 Å². The third-order valence-electron chi connectivity index (χ3n) is 5.64. The fraction of sp³-hybridized carbons (Fsp3) is 0.179. The highest BCUT2D eigenvalue weighted by atomic mass is 127. The molecule has 36 heavy (non-hydrogen) atoms. The van der Waals surface area contributed by atoms with Crippen LogP contribution in [0.25, 0.3) is 6.08 Å². The number of anilines is 1. The number of urea groups is 1. The molecule has 0 aliphatic carbocycles. The first-order chi connectivity index (χ1) is 17.2. The lowest BCUT2D eigenvalue weighted by atomic mass is 9.98. The second-order valence-corrected chi connectivity index (χ2v) is 10.1. The first-order valence-corrected chi connectivity index (χ1v) is 12.8. The van der Waals surface area contributed by atoms with Crippen LogP contribution in [-0.2, 0) is 16.0 Å². The van der Waals surface area contributed by atoms with Crippen LogP contribution in [0, 0.1) is 17.4 Å². The van der Waals surface area contributed by atoms with E-state index in [0.717, 1.165) is 14.0 Å². The van der Waals surface area contributed by atoms with Crippen LogP contribution >= 0.6 is 34.2 Å². The van der Waals surface area contributed by atoms with E-state index in [1.54, 1.807) is 24.3 Å². The third-order valence-corrected chi connectivity index (χ3v) is 6.85. The van der Waals surface area contributed by atoms with Crippen molar-refractivity contribution in [2.45, 2.75) is 27.2 Å². The lowest BCUT2D eigenvalue weighted by Gasteiger charge is -2.26. The average molecular weight is 615 g/mol. The predicted molar refractivity (Wildman–Crippen MR) is 150 cm³/mol. The minimum atomic E-state index is -0.808. The second-order valence-electron chi connectivity index (χ2n) is 8.52. The van der Waals surface area contributed by atoms with E-state index in [1.807, 2.05) is 19.1 Å². The molecule has 184 valence electrons. The number of carbonyl (C=O) groups is 3. The fourth-order valence-electron chi connectivity index (χ4n) is 4.19. The number of ether oxygens (including phenoxy) is 1. The molecule has 3 aromatic carbocycles. The summed E-state index contributed by atoms with van der Waals surface area (Å²) in [5.41, 5.74) is 5.38. The summed E-state index contributed by atoms with van der Waals surface area (Å²) in [6, 6.07) is 15.6. The van der Waals surface area contributed by atoms with Gasteiger partial charge in [-0.25, -0.2) is 9.69 Å². The fourth-order valence-corrected chi connectivity index (χ4v) is 5.14. The van der Waals surface area contributed by atoms with Crippen molar-refractivity contribution < 1.29 is 19.1 Å². The minimum absolute atomic E-state index is 0.148. The van der Waals surface area contributed by atoms with E-state index in [-0.39, 0.29) is 5.57 Å². The first-order valence-electron chi connectivity index (χ1n) is 11.4. The van der Waals surface area contributed by atoms with Crippen molar-refractivity contribution >= 4 is 63.8 Å². The van der Waals surface area contributed by atoms with Crippen molar-refractivity contribution in [2.75, 3.05) is 11.5 Å². The van der Waals surface area contributed by atoms with Gasteiger partial charge in [0.15, 0.2) is 0 Å². The number of halogens is 2. The zero-order chi connectivity index (χ0) is 26.0. The number of hydrogen-bond acceptors (Lipinski definition) is 4. The van der Waals surface area contributed by atoms with Crippen LogP contribution in [0.5, 0.6) is 5.75 Å². The normalized spacial score (nSPS) is 14.9. The number of carbonyl (C=O) groups excluding carboxylic acids is 3. The van der Waals surface area contributed by atoms with Crippen molar-refractivity contribution in [3.8, 4) is 5.75 Å². The quantitative estimate of drug-likeness (QED) is 0.203. The zero-order valence-electron chi connectivity index (χ0n) is 20.0. The van der Waals surface area contributed by atoms with E-state index >= 15 is 0 Å². The largest absolute Gasteiger partial charge is 0.494 e. The van der Waals surface area contributed by atoms with E-state index in [1.165, 1.54) is 22.8 Å². The lowest BCUT2D eigenvalue weighted by molar-refractivity contribution is -0.122. The molecule has 1 aliphatic heterocycles. The van der Waals surface area contributed by atoms with Crippen molar-refractivity contribution in [2.24, 2.45) is 0 Å². The molecule has 1 saturated heterocycles. The molecule has 0 aromatic heterocycles. The van der Waals surface area contributed by atoms with Gasteiger partial charge in [-0.15, -0.1) is 0 Å². The Morgan fingerprint density at radius 2 is 1.67 bits per heavy atom. The molecule has 0 spiro atoms. The van der Waals surface area contributed by atoms with Crippen LogP contribution in [0.3, 0.4) is 0 Å². The molecule has 0 saturated carbocycles. The van der Waals surface area contributed by atoms with Gasteiger partial charge in [-0.2, -0.15) is 0 Å². The maximum Gasteiger partial charge on any atom is 0.335 e. The lowest BCUT2D eigenvalue weighted by Crippen LogP contribution is -2.54. The van der Waals surface area contributed by atoms with Gasteiger partial charge in [-0.1, -0.05) is 40.9 Å². The van der Waals surface area contributed by atoms with Crippen LogP contribution in [0.2, 0.25) is 5.02 Å². The molecular formula is C28H24ClIN2O4. The number of rotatable bonds is 6. The first kappa shape index (κ1) is 25.9. The Labute approximate surface area is 228 Å². The maximum atomic E-state index is 13.2. The second kappa shape index (κ2) is 10.8. The molecule has 1 heterocycles. The zero-order valence-corrected chi connectivity index (χ0v) is 22.9. The maximum absolute atomic E-state index is 13.2. The van der Waals surface area contributed by atoms with E-state index in [2.05, 4.69) is 60.0 Å². The Morgan fingerprint density at radius 1 is 1.00 bits per heavy atom. The van der Waals surface area contributed by atoms with Gasteiger partial charge in [0.25, 0.3) is 11.8 Å². The van der Waals surface area contributed by atoms with Gasteiger partial charge in [0.2, 0.25) is 0 Å². The van der Waals surface area contributed by atoms with Crippen molar-refractivity contribution in [1.82, 2.24) is 5.32 Å². The molecule has 0 unspecified atom stereocenters. The Morgan fingerprint density at radius 3 is 2.31 bits per heavy atom. The molecule has 4 rings (SSSR count). The Kier molecular flexibility index (Phi) is 7.80. The summed E-state index contributed by atoms with van der Waals surface area (Å²) in [6.07, 6.45) is 2.17. The van der Waals surface area contributed by atoms with Crippen LogP contribution in [0.4, 0.5) is 10.5 Å². The van der Waals surface area contributed by atoms with E-state index in [0.29, 0.717) is 35.1 Å². The molecule has 4 amide bonds. The third kappa shape index (κ3) is 5.63. The molecule has 3 aromatic rings. The van der Waals surface area contributed by atoms with E-state index < -0.39 is 17.8 Å². The number of amides is 4. The summed E-state index contributed by atoms with van der Waals surface area (Å²) in [6.45, 7) is 6.52. The molecule has 1 aliphatic rings. The van der Waals surface area contributed by atoms with Crippen molar-refractivity contribution in [1.29, 1.82) is 0 Å². The molecule has 0 bridgehead atoms. The number of nitrogens with zero attached hydrogens (tertiary/aromatic N) is 1. The van der Waals surface area contributed by atoms with Gasteiger partial charge >= 0.3 is 6.03 Å². The molecule has 0 atom stereocenters. The summed E-state index contributed by atoms with van der Waals surface area (Å²) in [7, 11) is 0.